The second-order valence-corrected chi connectivity index (χ2v) is 7.32. The average molecular weight is 317 g/mol. The van der Waals surface area contributed by atoms with Crippen LogP contribution in [0.25, 0.3) is 6.08 Å². The van der Waals surface area contributed by atoms with Crippen molar-refractivity contribution in [3.8, 4) is 0 Å². The van der Waals surface area contributed by atoms with Crippen LogP contribution in [0.2, 0.25) is 0 Å². The molecule has 0 fully saturated rings. The first-order valence-electron chi connectivity index (χ1n) is 5.82. The molecule has 1 aromatic heterocycles. The number of amides is 1. The van der Waals surface area contributed by atoms with Crippen molar-refractivity contribution in [2.75, 3.05) is 18.1 Å². The number of carboxylic acid groups (broad SMARTS) is 1. The number of nitrogens with one attached hydrogen (secondary N) is 1. The summed E-state index contributed by atoms with van der Waals surface area (Å²) >= 11 is 1.23. The van der Waals surface area contributed by atoms with Crippen LogP contribution >= 0.6 is 11.3 Å². The van der Waals surface area contributed by atoms with Crippen LogP contribution in [0.3, 0.4) is 0 Å². The van der Waals surface area contributed by atoms with Crippen molar-refractivity contribution in [2.45, 2.75) is 6.92 Å². The molecule has 0 radical (unpaired) electrons. The lowest BCUT2D eigenvalue weighted by molar-refractivity contribution is -0.131. The van der Waals surface area contributed by atoms with Gasteiger partial charge in [-0.3, -0.25) is 4.79 Å². The molecular formula is C12H15NO5S2. The van der Waals surface area contributed by atoms with E-state index in [0.29, 0.717) is 10.4 Å². The van der Waals surface area contributed by atoms with E-state index >= 15 is 0 Å². The molecule has 0 atom stereocenters. The largest absolute Gasteiger partial charge is 0.478 e. The van der Waals surface area contributed by atoms with E-state index < -0.39 is 15.8 Å². The van der Waals surface area contributed by atoms with Crippen molar-refractivity contribution in [3.63, 3.8) is 0 Å². The van der Waals surface area contributed by atoms with Gasteiger partial charge in [0.05, 0.1) is 11.3 Å². The third-order valence-electron chi connectivity index (χ3n) is 2.41. The molecule has 1 rings (SSSR count). The van der Waals surface area contributed by atoms with E-state index in [0.717, 1.165) is 6.08 Å². The molecule has 110 valence electrons. The summed E-state index contributed by atoms with van der Waals surface area (Å²) in [5, 5.41) is 12.6. The molecule has 20 heavy (non-hydrogen) atoms. The van der Waals surface area contributed by atoms with E-state index in [1.54, 1.807) is 18.4 Å². The number of thiophene rings is 1. The minimum Gasteiger partial charge on any atom is -0.478 e. The van der Waals surface area contributed by atoms with Crippen LogP contribution in [0.5, 0.6) is 0 Å². The Kier molecular flexibility index (Phi) is 5.90. The van der Waals surface area contributed by atoms with Gasteiger partial charge in [-0.05, 0) is 12.1 Å². The molecular weight excluding hydrogens is 302 g/mol. The van der Waals surface area contributed by atoms with Crippen LogP contribution in [-0.2, 0) is 14.6 Å². The number of carbonyl (C=O) groups excluding carboxylic acids is 1. The van der Waals surface area contributed by atoms with Crippen molar-refractivity contribution < 1.29 is 23.1 Å². The SMILES string of the molecule is CCS(=O)(=O)CCNC(=O)c1csc(/C=C/C(=O)O)c1. The smallest absolute Gasteiger partial charge is 0.328 e. The van der Waals surface area contributed by atoms with E-state index in [1.165, 1.54) is 17.4 Å². The topological polar surface area (TPSA) is 101 Å². The van der Waals surface area contributed by atoms with Crippen LogP contribution in [0.1, 0.15) is 22.2 Å². The Balaban J connectivity index is 2.54. The fourth-order valence-corrected chi connectivity index (χ4v) is 2.76. The molecule has 0 aliphatic heterocycles. The highest BCUT2D eigenvalue weighted by Crippen LogP contribution is 2.16. The van der Waals surface area contributed by atoms with Crippen molar-refractivity contribution in [3.05, 3.63) is 28.0 Å². The quantitative estimate of drug-likeness (QED) is 0.731. The van der Waals surface area contributed by atoms with Gasteiger partial charge in [-0.2, -0.15) is 0 Å². The molecule has 0 saturated heterocycles. The lowest BCUT2D eigenvalue weighted by Crippen LogP contribution is -2.29. The average Bonchev–Trinajstić information content (AvgIpc) is 2.85. The molecule has 8 heteroatoms. The highest BCUT2D eigenvalue weighted by atomic mass is 32.2. The predicted molar refractivity (Wildman–Crippen MR) is 77.6 cm³/mol. The van der Waals surface area contributed by atoms with Crippen LogP contribution in [0.4, 0.5) is 0 Å². The van der Waals surface area contributed by atoms with Gasteiger partial charge in [0.25, 0.3) is 5.91 Å². The monoisotopic (exact) mass is 317 g/mol. The molecule has 1 amide bonds. The Morgan fingerprint density at radius 1 is 1.45 bits per heavy atom. The van der Waals surface area contributed by atoms with Crippen molar-refractivity contribution >= 4 is 39.1 Å². The van der Waals surface area contributed by atoms with Crippen LogP contribution in [-0.4, -0.2) is 43.5 Å². The van der Waals surface area contributed by atoms with Gasteiger partial charge in [-0.15, -0.1) is 11.3 Å². The number of sulfone groups is 1. The summed E-state index contributed by atoms with van der Waals surface area (Å²) < 4.78 is 22.5. The highest BCUT2D eigenvalue weighted by Gasteiger charge is 2.10. The lowest BCUT2D eigenvalue weighted by Gasteiger charge is -2.03. The molecule has 2 N–H and O–H groups in total. The number of hydrogen-bond donors (Lipinski definition) is 2. The summed E-state index contributed by atoms with van der Waals surface area (Å²) in [6, 6.07) is 1.55. The van der Waals surface area contributed by atoms with Crippen molar-refractivity contribution in [1.82, 2.24) is 5.32 Å². The van der Waals surface area contributed by atoms with E-state index in [1.807, 2.05) is 0 Å². The molecule has 6 nitrogen and oxygen atoms in total. The van der Waals surface area contributed by atoms with E-state index in [4.69, 9.17) is 5.11 Å². The summed E-state index contributed by atoms with van der Waals surface area (Å²) in [6.45, 7) is 1.61. The van der Waals surface area contributed by atoms with Crippen LogP contribution < -0.4 is 5.32 Å². The molecule has 0 bridgehead atoms. The Morgan fingerprint density at radius 3 is 2.75 bits per heavy atom. The normalized spacial score (nSPS) is 11.7. The van der Waals surface area contributed by atoms with Gasteiger partial charge in [0.15, 0.2) is 9.84 Å². The maximum Gasteiger partial charge on any atom is 0.328 e. The molecule has 0 aromatic carbocycles. The second kappa shape index (κ2) is 7.20. The zero-order valence-corrected chi connectivity index (χ0v) is 12.5. The summed E-state index contributed by atoms with van der Waals surface area (Å²) in [5.74, 6) is -1.48. The van der Waals surface area contributed by atoms with Gasteiger partial charge in [-0.1, -0.05) is 6.92 Å². The Hall–Kier alpha value is -1.67. The van der Waals surface area contributed by atoms with Gasteiger partial charge in [-0.25, -0.2) is 13.2 Å². The molecule has 1 aromatic rings. The first-order valence-corrected chi connectivity index (χ1v) is 8.52. The van der Waals surface area contributed by atoms with Crippen LogP contribution in [0, 0.1) is 0 Å². The maximum absolute atomic E-state index is 11.7. The van der Waals surface area contributed by atoms with Crippen molar-refractivity contribution in [1.29, 1.82) is 0 Å². The van der Waals surface area contributed by atoms with Gasteiger partial charge in [0.2, 0.25) is 0 Å². The molecule has 0 aliphatic carbocycles. The first-order chi connectivity index (χ1) is 9.34. The van der Waals surface area contributed by atoms with Gasteiger partial charge < -0.3 is 10.4 Å². The van der Waals surface area contributed by atoms with Crippen LogP contribution in [0.15, 0.2) is 17.5 Å². The van der Waals surface area contributed by atoms with Crippen molar-refractivity contribution in [2.24, 2.45) is 0 Å². The molecule has 1 heterocycles. The summed E-state index contributed by atoms with van der Waals surface area (Å²) in [4.78, 5) is 22.7. The minimum atomic E-state index is -3.10. The molecule has 0 aliphatic rings. The summed E-state index contributed by atoms with van der Waals surface area (Å²) in [6.07, 6.45) is 2.38. The van der Waals surface area contributed by atoms with Gasteiger partial charge in [0, 0.05) is 28.6 Å². The summed E-state index contributed by atoms with van der Waals surface area (Å²) in [5.41, 5.74) is 0.383. The van der Waals surface area contributed by atoms with Gasteiger partial charge >= 0.3 is 5.97 Å². The Bertz CT molecular complexity index is 616. The molecule has 0 unspecified atom stereocenters. The van der Waals surface area contributed by atoms with E-state index in [9.17, 15) is 18.0 Å². The van der Waals surface area contributed by atoms with E-state index in [-0.39, 0.29) is 24.0 Å². The summed E-state index contributed by atoms with van der Waals surface area (Å²) in [7, 11) is -3.10. The predicted octanol–water partition coefficient (Wildman–Crippen LogP) is 1.01. The number of carboxylic acids is 1. The number of rotatable bonds is 7. The minimum absolute atomic E-state index is 0.0471. The fraction of sp³-hybridized carbons (Fsp3) is 0.333. The van der Waals surface area contributed by atoms with Gasteiger partial charge in [0.1, 0.15) is 0 Å². The number of hydrogen-bond acceptors (Lipinski definition) is 5. The highest BCUT2D eigenvalue weighted by molar-refractivity contribution is 7.91. The zero-order chi connectivity index (χ0) is 15.2. The first kappa shape index (κ1) is 16.4. The number of carbonyl (C=O) groups is 2. The van der Waals surface area contributed by atoms with E-state index in [2.05, 4.69) is 5.32 Å². The molecule has 0 saturated carbocycles. The number of aliphatic carboxylic acids is 1. The second-order valence-electron chi connectivity index (χ2n) is 3.90. The standard InChI is InChI=1S/C12H15NO5S2/c1-2-20(17,18)6-5-13-12(16)9-7-10(19-8-9)3-4-11(14)15/h3-4,7-8H,2,5-6H2,1H3,(H,13,16)(H,14,15)/b4-3+. The fourth-order valence-electron chi connectivity index (χ4n) is 1.28. The Morgan fingerprint density at radius 2 is 2.15 bits per heavy atom. The lowest BCUT2D eigenvalue weighted by atomic mass is 10.3. The third kappa shape index (κ3) is 5.54. The third-order valence-corrected chi connectivity index (χ3v) is 5.01. The maximum atomic E-state index is 11.7. The molecule has 0 spiro atoms. The Labute approximate surface area is 121 Å². The zero-order valence-electron chi connectivity index (χ0n) is 10.8.